The van der Waals surface area contributed by atoms with Crippen LogP contribution in [-0.2, 0) is 0 Å². The molecule has 27 heavy (non-hydrogen) atoms. The van der Waals surface area contributed by atoms with Crippen molar-refractivity contribution in [2.24, 2.45) is 0 Å². The molecular formula is C20H16O7. The molecule has 0 radical (unpaired) electrons. The first kappa shape index (κ1) is 18.2. The van der Waals surface area contributed by atoms with Crippen molar-refractivity contribution in [2.45, 2.75) is 6.92 Å². The summed E-state index contributed by atoms with van der Waals surface area (Å²) in [5.41, 5.74) is -0.573. The van der Waals surface area contributed by atoms with Crippen molar-refractivity contribution in [1.29, 1.82) is 0 Å². The molecule has 138 valence electrons. The molecule has 0 fully saturated rings. The van der Waals surface area contributed by atoms with Crippen LogP contribution in [0.2, 0.25) is 0 Å². The number of methoxy groups -OCH3 is 2. The van der Waals surface area contributed by atoms with E-state index in [1.165, 1.54) is 39.3 Å². The third-order valence-corrected chi connectivity index (χ3v) is 3.94. The van der Waals surface area contributed by atoms with E-state index in [4.69, 9.17) is 18.6 Å². The van der Waals surface area contributed by atoms with Crippen molar-refractivity contribution in [1.82, 2.24) is 0 Å². The molecule has 2 aromatic carbocycles. The van der Waals surface area contributed by atoms with Gasteiger partial charge in [0, 0.05) is 10.9 Å². The SMILES string of the molecule is COc1ccc(C(C)=O)cc1OC(=O)c1cc2cccc(OC)c2oc1=O. The minimum atomic E-state index is -0.924. The van der Waals surface area contributed by atoms with Gasteiger partial charge in [0.25, 0.3) is 0 Å². The number of ether oxygens (including phenoxy) is 3. The van der Waals surface area contributed by atoms with Crippen molar-refractivity contribution in [3.8, 4) is 17.2 Å². The average Bonchev–Trinajstić information content (AvgIpc) is 2.66. The highest BCUT2D eigenvalue weighted by molar-refractivity contribution is 5.97. The van der Waals surface area contributed by atoms with E-state index in [1.807, 2.05) is 0 Å². The summed E-state index contributed by atoms with van der Waals surface area (Å²) in [5, 5.41) is 0.505. The molecule has 3 rings (SSSR count). The first-order valence-corrected chi connectivity index (χ1v) is 7.96. The molecule has 0 saturated heterocycles. The van der Waals surface area contributed by atoms with Gasteiger partial charge in [-0.05, 0) is 37.3 Å². The molecule has 0 aliphatic heterocycles. The molecule has 0 atom stereocenters. The molecule has 0 saturated carbocycles. The van der Waals surface area contributed by atoms with Crippen LogP contribution in [0.5, 0.6) is 17.2 Å². The molecule has 1 heterocycles. The number of fused-ring (bicyclic) bond motifs is 1. The molecule has 7 heteroatoms. The maximum Gasteiger partial charge on any atom is 0.351 e. The third kappa shape index (κ3) is 3.52. The molecule has 0 N–H and O–H groups in total. The zero-order valence-electron chi connectivity index (χ0n) is 14.9. The lowest BCUT2D eigenvalue weighted by Gasteiger charge is -2.10. The van der Waals surface area contributed by atoms with E-state index in [9.17, 15) is 14.4 Å². The minimum absolute atomic E-state index is 0.0281. The van der Waals surface area contributed by atoms with Gasteiger partial charge < -0.3 is 18.6 Å². The summed E-state index contributed by atoms with van der Waals surface area (Å²) in [6, 6.07) is 10.8. The number of rotatable bonds is 5. The first-order chi connectivity index (χ1) is 12.9. The number of hydrogen-bond donors (Lipinski definition) is 0. The van der Waals surface area contributed by atoms with E-state index >= 15 is 0 Å². The Balaban J connectivity index is 2.02. The van der Waals surface area contributed by atoms with E-state index < -0.39 is 11.6 Å². The summed E-state index contributed by atoms with van der Waals surface area (Å²) >= 11 is 0. The molecule has 1 aromatic heterocycles. The molecule has 3 aromatic rings. The van der Waals surface area contributed by atoms with E-state index in [-0.39, 0.29) is 28.4 Å². The highest BCUT2D eigenvalue weighted by Crippen LogP contribution is 2.29. The highest BCUT2D eigenvalue weighted by Gasteiger charge is 2.20. The van der Waals surface area contributed by atoms with Crippen LogP contribution in [0, 0.1) is 0 Å². The Morgan fingerprint density at radius 3 is 2.33 bits per heavy atom. The fourth-order valence-electron chi connectivity index (χ4n) is 2.55. The van der Waals surface area contributed by atoms with E-state index in [0.29, 0.717) is 16.7 Å². The monoisotopic (exact) mass is 368 g/mol. The number of hydrogen-bond acceptors (Lipinski definition) is 7. The molecular weight excluding hydrogens is 352 g/mol. The Kier molecular flexibility index (Phi) is 4.94. The number of benzene rings is 2. The lowest BCUT2D eigenvalue weighted by atomic mass is 10.1. The topological polar surface area (TPSA) is 92.0 Å². The van der Waals surface area contributed by atoms with Crippen LogP contribution in [0.1, 0.15) is 27.6 Å². The number of para-hydroxylation sites is 1. The summed E-state index contributed by atoms with van der Waals surface area (Å²) < 4.78 is 20.8. The van der Waals surface area contributed by atoms with Crippen LogP contribution in [-0.4, -0.2) is 26.0 Å². The Morgan fingerprint density at radius 1 is 0.926 bits per heavy atom. The van der Waals surface area contributed by atoms with Crippen molar-refractivity contribution < 1.29 is 28.2 Å². The summed E-state index contributed by atoms with van der Waals surface area (Å²) in [7, 11) is 2.85. The lowest BCUT2D eigenvalue weighted by molar-refractivity contribution is 0.0724. The normalized spacial score (nSPS) is 10.5. The van der Waals surface area contributed by atoms with Gasteiger partial charge in [-0.1, -0.05) is 12.1 Å². The van der Waals surface area contributed by atoms with Crippen LogP contribution in [0.4, 0.5) is 0 Å². The number of carbonyl (C=O) groups excluding carboxylic acids is 2. The standard InChI is InChI=1S/C20H16O7/c1-11(21)12-7-8-15(24-2)17(10-12)26-19(22)14-9-13-5-4-6-16(25-3)18(13)27-20(14)23/h4-10H,1-3H3. The van der Waals surface area contributed by atoms with Gasteiger partial charge in [-0.15, -0.1) is 0 Å². The highest BCUT2D eigenvalue weighted by atomic mass is 16.6. The minimum Gasteiger partial charge on any atom is -0.493 e. The summed E-state index contributed by atoms with van der Waals surface area (Å²) in [4.78, 5) is 36.3. The van der Waals surface area contributed by atoms with E-state index in [2.05, 4.69) is 0 Å². The maximum absolute atomic E-state index is 12.5. The van der Waals surface area contributed by atoms with Crippen molar-refractivity contribution in [2.75, 3.05) is 14.2 Å². The Hall–Kier alpha value is -3.61. The Labute approximate surface area is 154 Å². The first-order valence-electron chi connectivity index (χ1n) is 7.96. The second-order valence-corrected chi connectivity index (χ2v) is 5.64. The fraction of sp³-hybridized carbons (Fsp3) is 0.150. The van der Waals surface area contributed by atoms with Gasteiger partial charge in [0.2, 0.25) is 0 Å². The van der Waals surface area contributed by atoms with Crippen molar-refractivity contribution >= 4 is 22.7 Å². The van der Waals surface area contributed by atoms with Crippen LogP contribution in [0.15, 0.2) is 51.7 Å². The van der Waals surface area contributed by atoms with Gasteiger partial charge in [-0.3, -0.25) is 4.79 Å². The van der Waals surface area contributed by atoms with Gasteiger partial charge in [-0.25, -0.2) is 9.59 Å². The van der Waals surface area contributed by atoms with Gasteiger partial charge in [0.1, 0.15) is 5.56 Å². The van der Waals surface area contributed by atoms with Gasteiger partial charge in [-0.2, -0.15) is 0 Å². The van der Waals surface area contributed by atoms with Crippen LogP contribution < -0.4 is 19.8 Å². The summed E-state index contributed by atoms with van der Waals surface area (Å²) in [6.45, 7) is 1.39. The maximum atomic E-state index is 12.5. The zero-order chi connectivity index (χ0) is 19.6. The summed E-state index contributed by atoms with van der Waals surface area (Å²) in [6.07, 6.45) is 0. The summed E-state index contributed by atoms with van der Waals surface area (Å²) in [5.74, 6) is -0.472. The number of esters is 1. The Bertz CT molecular complexity index is 1100. The van der Waals surface area contributed by atoms with Crippen molar-refractivity contribution in [3.05, 3.63) is 64.0 Å². The molecule has 7 nitrogen and oxygen atoms in total. The fourth-order valence-corrected chi connectivity index (χ4v) is 2.55. The predicted molar refractivity (Wildman–Crippen MR) is 97.0 cm³/mol. The number of carbonyl (C=O) groups is 2. The lowest BCUT2D eigenvalue weighted by Crippen LogP contribution is -2.19. The van der Waals surface area contributed by atoms with E-state index in [0.717, 1.165) is 0 Å². The zero-order valence-corrected chi connectivity index (χ0v) is 14.9. The predicted octanol–water partition coefficient (Wildman–Crippen LogP) is 3.23. The van der Waals surface area contributed by atoms with Crippen LogP contribution in [0.3, 0.4) is 0 Å². The van der Waals surface area contributed by atoms with Gasteiger partial charge in [0.15, 0.2) is 28.6 Å². The molecule has 0 spiro atoms. The van der Waals surface area contributed by atoms with Crippen molar-refractivity contribution in [3.63, 3.8) is 0 Å². The van der Waals surface area contributed by atoms with Crippen LogP contribution >= 0.6 is 0 Å². The molecule has 0 aliphatic rings. The second kappa shape index (κ2) is 7.33. The molecule has 0 aliphatic carbocycles. The second-order valence-electron chi connectivity index (χ2n) is 5.64. The number of ketones is 1. The van der Waals surface area contributed by atoms with Crippen LogP contribution in [0.25, 0.3) is 11.0 Å². The Morgan fingerprint density at radius 2 is 1.67 bits per heavy atom. The van der Waals surface area contributed by atoms with E-state index in [1.54, 1.807) is 24.3 Å². The third-order valence-electron chi connectivity index (χ3n) is 3.94. The smallest absolute Gasteiger partial charge is 0.351 e. The van der Waals surface area contributed by atoms with Gasteiger partial charge in [0.05, 0.1) is 14.2 Å². The molecule has 0 unspecified atom stereocenters. The number of Topliss-reactive ketones (excluding diaryl/α,β-unsaturated/α-hetero) is 1. The largest absolute Gasteiger partial charge is 0.493 e. The molecule has 0 amide bonds. The molecule has 0 bridgehead atoms. The quantitative estimate of drug-likeness (QED) is 0.295. The average molecular weight is 368 g/mol. The van der Waals surface area contributed by atoms with Gasteiger partial charge >= 0.3 is 11.6 Å².